The number of esters is 1. The fourth-order valence-electron chi connectivity index (χ4n) is 1.37. The van der Waals surface area contributed by atoms with Crippen LogP contribution in [0.2, 0.25) is 0 Å². The van der Waals surface area contributed by atoms with Crippen LogP contribution in [0, 0.1) is 0 Å². The molecule has 0 N–H and O–H groups in total. The number of hydrogen-bond acceptors (Lipinski definition) is 4. The Bertz CT molecular complexity index is 442. The van der Waals surface area contributed by atoms with Crippen LogP contribution in [0.25, 0.3) is 0 Å². The van der Waals surface area contributed by atoms with Gasteiger partial charge in [0.15, 0.2) is 6.20 Å². The SMILES string of the molecule is CO/N=C/c1cccc[n+]1CC(=O)OC(C)(C)C.[Br-]. The van der Waals surface area contributed by atoms with E-state index in [-0.39, 0.29) is 29.5 Å². The van der Waals surface area contributed by atoms with E-state index in [4.69, 9.17) is 4.74 Å². The van der Waals surface area contributed by atoms with Crippen molar-refractivity contribution in [1.82, 2.24) is 0 Å². The maximum absolute atomic E-state index is 11.7. The first-order valence-electron chi connectivity index (χ1n) is 5.69. The van der Waals surface area contributed by atoms with E-state index in [0.29, 0.717) is 0 Å². The molecule has 0 amide bonds. The Labute approximate surface area is 124 Å². The number of oxime groups is 1. The van der Waals surface area contributed by atoms with Crippen LogP contribution in [0.5, 0.6) is 0 Å². The molecule has 5 nitrogen and oxygen atoms in total. The van der Waals surface area contributed by atoms with Crippen LogP contribution in [0.4, 0.5) is 0 Å². The molecule has 1 rings (SSSR count). The maximum atomic E-state index is 11.7. The predicted molar refractivity (Wildman–Crippen MR) is 67.1 cm³/mol. The summed E-state index contributed by atoms with van der Waals surface area (Å²) >= 11 is 0. The van der Waals surface area contributed by atoms with Gasteiger partial charge in [-0.3, -0.25) is 0 Å². The van der Waals surface area contributed by atoms with Crippen LogP contribution in [0.15, 0.2) is 29.6 Å². The Hall–Kier alpha value is -1.43. The third-order valence-corrected chi connectivity index (χ3v) is 1.99. The molecule has 0 radical (unpaired) electrons. The van der Waals surface area contributed by atoms with Gasteiger partial charge in [-0.2, -0.15) is 4.57 Å². The summed E-state index contributed by atoms with van der Waals surface area (Å²) in [6, 6.07) is 5.55. The van der Waals surface area contributed by atoms with Crippen molar-refractivity contribution in [2.24, 2.45) is 5.16 Å². The molecular weight excluding hydrogens is 312 g/mol. The summed E-state index contributed by atoms with van der Waals surface area (Å²) in [6.45, 7) is 5.67. The number of ether oxygens (including phenoxy) is 1. The number of halogens is 1. The van der Waals surface area contributed by atoms with Crippen molar-refractivity contribution < 1.29 is 35.9 Å². The van der Waals surface area contributed by atoms with Gasteiger partial charge in [-0.25, -0.2) is 4.79 Å². The summed E-state index contributed by atoms with van der Waals surface area (Å²) in [6.07, 6.45) is 3.34. The summed E-state index contributed by atoms with van der Waals surface area (Å²) in [5, 5.41) is 3.69. The van der Waals surface area contributed by atoms with Gasteiger partial charge in [-0.05, 0) is 26.8 Å². The lowest BCUT2D eigenvalue weighted by Gasteiger charge is -2.18. The second-order valence-electron chi connectivity index (χ2n) is 4.76. The van der Waals surface area contributed by atoms with E-state index in [0.717, 1.165) is 5.69 Å². The van der Waals surface area contributed by atoms with Crippen molar-refractivity contribution in [3.8, 4) is 0 Å². The molecule has 0 aliphatic rings. The van der Waals surface area contributed by atoms with Crippen molar-refractivity contribution >= 4 is 12.2 Å². The van der Waals surface area contributed by atoms with Gasteiger partial charge in [-0.1, -0.05) is 5.16 Å². The Morgan fingerprint density at radius 3 is 2.68 bits per heavy atom. The molecular formula is C13H19BrN2O3. The second-order valence-corrected chi connectivity index (χ2v) is 4.76. The molecule has 0 atom stereocenters. The van der Waals surface area contributed by atoms with Gasteiger partial charge >= 0.3 is 5.97 Å². The van der Waals surface area contributed by atoms with Crippen molar-refractivity contribution in [3.63, 3.8) is 0 Å². The molecule has 0 bridgehead atoms. The van der Waals surface area contributed by atoms with Gasteiger partial charge in [0.25, 0.3) is 0 Å². The first-order chi connectivity index (χ1) is 8.42. The summed E-state index contributed by atoms with van der Waals surface area (Å²) in [5.74, 6) is -0.286. The van der Waals surface area contributed by atoms with Crippen LogP contribution in [0.3, 0.4) is 0 Å². The van der Waals surface area contributed by atoms with Crippen LogP contribution >= 0.6 is 0 Å². The van der Waals surface area contributed by atoms with Crippen LogP contribution in [0.1, 0.15) is 26.5 Å². The molecule has 0 saturated carbocycles. The third kappa shape index (κ3) is 6.91. The predicted octanol–water partition coefficient (Wildman–Crippen LogP) is -1.70. The molecule has 0 aliphatic heterocycles. The Morgan fingerprint density at radius 2 is 2.11 bits per heavy atom. The molecule has 1 aromatic rings. The first kappa shape index (κ1) is 17.6. The number of aromatic nitrogens is 1. The molecule has 0 aromatic carbocycles. The second kappa shape index (κ2) is 7.89. The van der Waals surface area contributed by atoms with E-state index < -0.39 is 5.60 Å². The normalized spacial score (nSPS) is 10.9. The fraction of sp³-hybridized carbons (Fsp3) is 0.462. The standard InChI is InChI=1S/C13H19N2O3.BrH/c1-13(2,3)18-12(16)10-15-8-6-5-7-11(15)9-14-17-4;/h5-9H,10H2,1-4H3;1H/q+1;/p-1/b14-9+;. The van der Waals surface area contributed by atoms with E-state index in [1.807, 2.05) is 39.0 Å². The molecule has 19 heavy (non-hydrogen) atoms. The van der Waals surface area contributed by atoms with Crippen LogP contribution < -0.4 is 21.5 Å². The number of nitrogens with zero attached hydrogens (tertiary/aromatic N) is 2. The minimum absolute atomic E-state index is 0. The number of carbonyl (C=O) groups excluding carboxylic acids is 1. The van der Waals surface area contributed by atoms with Gasteiger partial charge in [-0.15, -0.1) is 0 Å². The average Bonchev–Trinajstić information content (AvgIpc) is 2.25. The molecule has 0 aliphatic carbocycles. The molecule has 0 fully saturated rings. The highest BCUT2D eigenvalue weighted by atomic mass is 79.9. The van der Waals surface area contributed by atoms with E-state index in [1.165, 1.54) is 7.11 Å². The van der Waals surface area contributed by atoms with E-state index in [2.05, 4.69) is 9.99 Å². The average molecular weight is 331 g/mol. The van der Waals surface area contributed by atoms with Gasteiger partial charge in [0.2, 0.25) is 12.2 Å². The van der Waals surface area contributed by atoms with Gasteiger partial charge in [0.1, 0.15) is 18.9 Å². The van der Waals surface area contributed by atoms with Crippen LogP contribution in [-0.2, 0) is 20.9 Å². The topological polar surface area (TPSA) is 51.8 Å². The van der Waals surface area contributed by atoms with E-state index in [9.17, 15) is 4.79 Å². The molecule has 6 heteroatoms. The van der Waals surface area contributed by atoms with Crippen molar-refractivity contribution in [2.75, 3.05) is 7.11 Å². The highest BCUT2D eigenvalue weighted by Crippen LogP contribution is 2.06. The van der Waals surface area contributed by atoms with Gasteiger partial charge in [0.05, 0.1) is 0 Å². The summed E-state index contributed by atoms with van der Waals surface area (Å²) in [5.41, 5.74) is 0.290. The maximum Gasteiger partial charge on any atom is 0.373 e. The van der Waals surface area contributed by atoms with Crippen molar-refractivity contribution in [2.45, 2.75) is 32.9 Å². The van der Waals surface area contributed by atoms with E-state index >= 15 is 0 Å². The molecule has 0 saturated heterocycles. The quantitative estimate of drug-likeness (QED) is 0.286. The smallest absolute Gasteiger partial charge is 0.373 e. The van der Waals surface area contributed by atoms with Gasteiger partial charge < -0.3 is 26.6 Å². The molecule has 1 heterocycles. The molecule has 106 valence electrons. The molecule has 0 unspecified atom stereocenters. The minimum Gasteiger partial charge on any atom is -1.00 e. The minimum atomic E-state index is -0.479. The zero-order valence-electron chi connectivity index (χ0n) is 11.6. The summed E-state index contributed by atoms with van der Waals surface area (Å²) < 4.78 is 7.01. The monoisotopic (exact) mass is 330 g/mol. The number of rotatable bonds is 4. The Morgan fingerprint density at radius 1 is 1.42 bits per heavy atom. The number of hydrogen-bond donors (Lipinski definition) is 0. The Kier molecular flexibility index (Phi) is 7.29. The van der Waals surface area contributed by atoms with Crippen molar-refractivity contribution in [1.29, 1.82) is 0 Å². The lowest BCUT2D eigenvalue weighted by atomic mass is 10.2. The number of pyridine rings is 1. The van der Waals surface area contributed by atoms with Crippen LogP contribution in [-0.4, -0.2) is 24.9 Å². The first-order valence-corrected chi connectivity index (χ1v) is 5.69. The Balaban J connectivity index is 0.00000324. The molecule has 0 spiro atoms. The highest BCUT2D eigenvalue weighted by molar-refractivity contribution is 5.75. The lowest BCUT2D eigenvalue weighted by Crippen LogP contribution is -3.00. The zero-order valence-corrected chi connectivity index (χ0v) is 13.2. The highest BCUT2D eigenvalue weighted by Gasteiger charge is 2.20. The summed E-state index contributed by atoms with van der Waals surface area (Å²) in [4.78, 5) is 16.4. The van der Waals surface area contributed by atoms with Crippen molar-refractivity contribution in [3.05, 3.63) is 30.1 Å². The lowest BCUT2D eigenvalue weighted by molar-refractivity contribution is -0.687. The molecule has 1 aromatic heterocycles. The third-order valence-electron chi connectivity index (χ3n) is 1.99. The van der Waals surface area contributed by atoms with E-state index in [1.54, 1.807) is 17.0 Å². The number of carbonyl (C=O) groups is 1. The summed E-state index contributed by atoms with van der Waals surface area (Å²) in [7, 11) is 1.47. The largest absolute Gasteiger partial charge is 1.00 e. The van der Waals surface area contributed by atoms with Gasteiger partial charge in [0, 0.05) is 12.1 Å². The zero-order chi connectivity index (χ0) is 13.6. The fourth-order valence-corrected chi connectivity index (χ4v) is 1.37.